The van der Waals surface area contributed by atoms with E-state index in [0.29, 0.717) is 6.07 Å². The molecule has 2 rings (SSSR count). The van der Waals surface area contributed by atoms with Gasteiger partial charge >= 0.3 is 6.18 Å². The number of ether oxygens (including phenoxy) is 1. The molecule has 0 saturated heterocycles. The number of nitrogens with one attached hydrogen (secondary N) is 1. The van der Waals surface area contributed by atoms with Gasteiger partial charge in [-0.15, -0.1) is 0 Å². The highest BCUT2D eigenvalue weighted by molar-refractivity contribution is 9.10. The molecule has 1 amide bonds. The largest absolute Gasteiger partial charge is 0.483 e. The second kappa shape index (κ2) is 7.57. The molecule has 0 heterocycles. The van der Waals surface area contributed by atoms with Crippen molar-refractivity contribution in [3.63, 3.8) is 0 Å². The van der Waals surface area contributed by atoms with Gasteiger partial charge in [0.15, 0.2) is 6.61 Å². The van der Waals surface area contributed by atoms with E-state index in [2.05, 4.69) is 26.0 Å². The number of carbonyl (C=O) groups excluding carboxylic acids is 1. The summed E-state index contributed by atoms with van der Waals surface area (Å²) >= 11 is 8.55. The van der Waals surface area contributed by atoms with Gasteiger partial charge in [-0.1, -0.05) is 17.7 Å². The summed E-state index contributed by atoms with van der Waals surface area (Å²) in [5.41, 5.74) is -0.941. The van der Waals surface area contributed by atoms with Gasteiger partial charge in [0.05, 0.1) is 20.7 Å². The first-order valence-corrected chi connectivity index (χ1v) is 7.69. The Morgan fingerprint density at radius 2 is 1.88 bits per heavy atom. The molecule has 0 radical (unpaired) electrons. The molecule has 0 aliphatic rings. The number of anilines is 1. The van der Waals surface area contributed by atoms with Gasteiger partial charge in [0.1, 0.15) is 17.4 Å². The van der Waals surface area contributed by atoms with Crippen molar-refractivity contribution in [3.05, 3.63) is 57.0 Å². The summed E-state index contributed by atoms with van der Waals surface area (Å²) in [4.78, 5) is 12.2. The summed E-state index contributed by atoms with van der Waals surface area (Å²) in [7, 11) is 0. The minimum absolute atomic E-state index is 0.135. The van der Waals surface area contributed by atoms with Crippen molar-refractivity contribution < 1.29 is 31.5 Å². The molecule has 25 heavy (non-hydrogen) atoms. The molecule has 0 saturated carbocycles. The van der Waals surface area contributed by atoms with Crippen molar-refractivity contribution in [2.45, 2.75) is 6.18 Å². The summed E-state index contributed by atoms with van der Waals surface area (Å²) in [6, 6.07) is 5.15. The van der Waals surface area contributed by atoms with Gasteiger partial charge in [-0.2, -0.15) is 13.2 Å². The van der Waals surface area contributed by atoms with Crippen LogP contribution < -0.4 is 10.1 Å². The molecule has 2 aromatic rings. The molecule has 0 atom stereocenters. The van der Waals surface area contributed by atoms with Gasteiger partial charge in [0.25, 0.3) is 5.91 Å². The van der Waals surface area contributed by atoms with Gasteiger partial charge in [-0.25, -0.2) is 8.78 Å². The van der Waals surface area contributed by atoms with Crippen LogP contribution in [0.2, 0.25) is 5.02 Å². The summed E-state index contributed by atoms with van der Waals surface area (Å²) in [5, 5.41) is 1.95. The molecule has 2 aromatic carbocycles. The van der Waals surface area contributed by atoms with Gasteiger partial charge in [0.2, 0.25) is 0 Å². The molecular weight excluding hydrogens is 437 g/mol. The number of alkyl halides is 3. The number of rotatable bonds is 4. The van der Waals surface area contributed by atoms with E-state index in [0.717, 1.165) is 12.1 Å². The zero-order valence-corrected chi connectivity index (χ0v) is 14.4. The average Bonchev–Trinajstić information content (AvgIpc) is 2.51. The van der Waals surface area contributed by atoms with Crippen molar-refractivity contribution in [1.82, 2.24) is 0 Å². The Labute approximate surface area is 151 Å². The maximum absolute atomic E-state index is 13.7. The summed E-state index contributed by atoms with van der Waals surface area (Å²) in [6.45, 7) is -1.69. The van der Waals surface area contributed by atoms with Gasteiger partial charge < -0.3 is 10.1 Å². The second-order valence-electron chi connectivity index (χ2n) is 4.72. The van der Waals surface area contributed by atoms with E-state index < -0.39 is 41.6 Å². The average molecular weight is 445 g/mol. The number of carbonyl (C=O) groups is 1. The molecule has 0 aliphatic heterocycles. The normalized spacial score (nSPS) is 11.3. The van der Waals surface area contributed by atoms with E-state index in [-0.39, 0.29) is 15.2 Å². The minimum atomic E-state index is -4.66. The second-order valence-corrected chi connectivity index (χ2v) is 5.98. The Balaban J connectivity index is 2.36. The quantitative estimate of drug-likeness (QED) is 0.626. The third-order valence-electron chi connectivity index (χ3n) is 2.86. The van der Waals surface area contributed by atoms with E-state index in [4.69, 9.17) is 11.6 Å². The van der Waals surface area contributed by atoms with E-state index in [9.17, 15) is 26.7 Å². The predicted octanol–water partition coefficient (Wildman–Crippen LogP) is 5.57. The van der Waals surface area contributed by atoms with Crippen LogP contribution in [0.1, 0.15) is 10.4 Å². The molecule has 0 bridgehead atoms. The summed E-state index contributed by atoms with van der Waals surface area (Å²) < 4.78 is 68.7. The van der Waals surface area contributed by atoms with Crippen molar-refractivity contribution in [2.75, 3.05) is 11.9 Å². The topological polar surface area (TPSA) is 38.3 Å². The predicted molar refractivity (Wildman–Crippen MR) is 85.0 cm³/mol. The number of hydrogen-bond acceptors (Lipinski definition) is 2. The highest BCUT2D eigenvalue weighted by atomic mass is 79.9. The molecule has 134 valence electrons. The van der Waals surface area contributed by atoms with Crippen LogP contribution in [0.3, 0.4) is 0 Å². The molecule has 0 aromatic heterocycles. The highest BCUT2D eigenvalue weighted by Gasteiger charge is 2.30. The third kappa shape index (κ3) is 5.05. The Hall–Kier alpha value is -1.87. The SMILES string of the molecule is O=C(Nc1c(F)cccc1Cl)c1cc(F)c(Br)cc1OCC(F)(F)F. The fraction of sp³-hybridized carbons (Fsp3) is 0.133. The Morgan fingerprint density at radius 3 is 2.48 bits per heavy atom. The molecule has 10 heteroatoms. The molecule has 0 fully saturated rings. The Kier molecular flexibility index (Phi) is 5.89. The monoisotopic (exact) mass is 443 g/mol. The van der Waals surface area contributed by atoms with E-state index >= 15 is 0 Å². The summed E-state index contributed by atoms with van der Waals surface area (Å²) in [6.07, 6.45) is -4.66. The van der Waals surface area contributed by atoms with Crippen LogP contribution in [-0.4, -0.2) is 18.7 Å². The van der Waals surface area contributed by atoms with Crippen molar-refractivity contribution in [3.8, 4) is 5.75 Å². The van der Waals surface area contributed by atoms with E-state index in [1.54, 1.807) is 0 Å². The molecule has 0 spiro atoms. The van der Waals surface area contributed by atoms with E-state index in [1.165, 1.54) is 12.1 Å². The lowest BCUT2D eigenvalue weighted by molar-refractivity contribution is -0.153. The lowest BCUT2D eigenvalue weighted by Gasteiger charge is -2.15. The van der Waals surface area contributed by atoms with E-state index in [1.807, 2.05) is 0 Å². The molecule has 0 aliphatic carbocycles. The van der Waals surface area contributed by atoms with Crippen LogP contribution in [0.5, 0.6) is 5.75 Å². The lowest BCUT2D eigenvalue weighted by Crippen LogP contribution is -2.21. The first-order valence-electron chi connectivity index (χ1n) is 6.52. The van der Waals surface area contributed by atoms with Crippen LogP contribution >= 0.6 is 27.5 Å². The lowest BCUT2D eigenvalue weighted by atomic mass is 10.1. The maximum Gasteiger partial charge on any atom is 0.422 e. The first-order chi connectivity index (χ1) is 11.6. The zero-order valence-electron chi connectivity index (χ0n) is 12.1. The van der Waals surface area contributed by atoms with Crippen LogP contribution in [-0.2, 0) is 0 Å². The number of hydrogen-bond donors (Lipinski definition) is 1. The van der Waals surface area contributed by atoms with Gasteiger partial charge in [0, 0.05) is 0 Å². The Morgan fingerprint density at radius 1 is 1.20 bits per heavy atom. The fourth-order valence-electron chi connectivity index (χ4n) is 1.78. The summed E-state index contributed by atoms with van der Waals surface area (Å²) in [5.74, 6) is -3.40. The molecule has 3 nitrogen and oxygen atoms in total. The first kappa shape index (κ1) is 19.5. The van der Waals surface area contributed by atoms with Gasteiger partial charge in [-0.05, 0) is 40.2 Å². The highest BCUT2D eigenvalue weighted by Crippen LogP contribution is 2.31. The van der Waals surface area contributed by atoms with Crippen LogP contribution in [0.25, 0.3) is 0 Å². The number of amides is 1. The third-order valence-corrected chi connectivity index (χ3v) is 3.78. The standard InChI is InChI=1S/C15H8BrClF5NO2/c16-8-5-12(25-6-15(20,21)22)7(4-11(8)19)14(24)23-13-9(17)2-1-3-10(13)18/h1-5H,6H2,(H,23,24). The van der Waals surface area contributed by atoms with Crippen molar-refractivity contribution in [2.24, 2.45) is 0 Å². The smallest absolute Gasteiger partial charge is 0.422 e. The van der Waals surface area contributed by atoms with Crippen molar-refractivity contribution in [1.29, 1.82) is 0 Å². The minimum Gasteiger partial charge on any atom is -0.483 e. The van der Waals surface area contributed by atoms with Crippen LogP contribution in [0, 0.1) is 11.6 Å². The molecule has 1 N–H and O–H groups in total. The molecular formula is C15H8BrClF5NO2. The van der Waals surface area contributed by atoms with Crippen LogP contribution in [0.4, 0.5) is 27.6 Å². The number of halogens is 7. The zero-order chi connectivity index (χ0) is 18.8. The maximum atomic E-state index is 13.7. The van der Waals surface area contributed by atoms with Gasteiger partial charge in [-0.3, -0.25) is 4.79 Å². The van der Waals surface area contributed by atoms with Crippen molar-refractivity contribution >= 4 is 39.1 Å². The number of benzene rings is 2. The Bertz CT molecular complexity index is 793. The van der Waals surface area contributed by atoms with Crippen LogP contribution in [0.15, 0.2) is 34.8 Å². The number of para-hydroxylation sites is 1. The fourth-order valence-corrected chi connectivity index (χ4v) is 2.32. The molecule has 0 unspecified atom stereocenters.